The van der Waals surface area contributed by atoms with E-state index in [0.717, 1.165) is 0 Å². The van der Waals surface area contributed by atoms with E-state index in [1.807, 2.05) is 0 Å². The number of ether oxygens (including phenoxy) is 2. The molecular formula is C25H21NO8. The van der Waals surface area contributed by atoms with Crippen LogP contribution < -0.4 is 9.47 Å². The van der Waals surface area contributed by atoms with Crippen molar-refractivity contribution in [1.29, 1.82) is 0 Å². The van der Waals surface area contributed by atoms with Gasteiger partial charge < -0.3 is 29.0 Å². The molecule has 2 N–H and O–H groups in total. The van der Waals surface area contributed by atoms with E-state index in [9.17, 15) is 19.5 Å². The molecule has 1 aromatic heterocycles. The molecule has 2 aromatic carbocycles. The number of furan rings is 1. The fraction of sp³-hybridized carbons (Fsp3) is 0.160. The van der Waals surface area contributed by atoms with Gasteiger partial charge in [-0.25, -0.2) is 4.79 Å². The minimum atomic E-state index is -1.07. The van der Waals surface area contributed by atoms with Crippen LogP contribution in [-0.4, -0.2) is 47.0 Å². The molecule has 1 atom stereocenters. The van der Waals surface area contributed by atoms with E-state index in [-0.39, 0.29) is 34.8 Å². The predicted octanol–water partition coefficient (Wildman–Crippen LogP) is 3.62. The third kappa shape index (κ3) is 3.99. The zero-order valence-corrected chi connectivity index (χ0v) is 18.3. The fourth-order valence-corrected chi connectivity index (χ4v) is 3.88. The van der Waals surface area contributed by atoms with Gasteiger partial charge in [-0.05, 0) is 48.0 Å². The van der Waals surface area contributed by atoms with Crippen molar-refractivity contribution in [2.24, 2.45) is 0 Å². The number of aliphatic hydroxyl groups excluding tert-OH is 1. The molecule has 0 spiro atoms. The molecule has 9 nitrogen and oxygen atoms in total. The number of nitrogens with zero attached hydrogens (tertiary/aromatic N) is 1. The number of likely N-dealkylation sites (tertiary alicyclic amines) is 1. The normalized spacial score (nSPS) is 17.1. The van der Waals surface area contributed by atoms with Gasteiger partial charge in [-0.15, -0.1) is 0 Å². The number of amides is 1. The molecule has 0 saturated carbocycles. The first kappa shape index (κ1) is 22.7. The summed E-state index contributed by atoms with van der Waals surface area (Å²) in [4.78, 5) is 38.6. The zero-order chi connectivity index (χ0) is 24.4. The standard InChI is InChI=1S/C25H21NO8/c1-32-16-9-10-18(33-2)17(12-16)22(27)20-21(19-4-3-11-34-19)26(24(29)23(20)28)13-14-5-7-15(8-6-14)25(30)31/h3-12,21,27H,13H2,1-2H3,(H,30,31)/b22-20-. The van der Waals surface area contributed by atoms with E-state index in [2.05, 4.69) is 0 Å². The van der Waals surface area contributed by atoms with Crippen LogP contribution in [0.4, 0.5) is 0 Å². The molecule has 3 aromatic rings. The van der Waals surface area contributed by atoms with E-state index in [1.54, 1.807) is 36.4 Å². The van der Waals surface area contributed by atoms with Crippen molar-refractivity contribution in [2.45, 2.75) is 12.6 Å². The number of hydrogen-bond donors (Lipinski definition) is 2. The van der Waals surface area contributed by atoms with Gasteiger partial charge in [0.25, 0.3) is 11.7 Å². The summed E-state index contributed by atoms with van der Waals surface area (Å²) in [5.41, 5.74) is 0.719. The van der Waals surface area contributed by atoms with Gasteiger partial charge in [-0.3, -0.25) is 9.59 Å². The highest BCUT2D eigenvalue weighted by atomic mass is 16.5. The van der Waals surface area contributed by atoms with Crippen molar-refractivity contribution in [3.8, 4) is 11.5 Å². The summed E-state index contributed by atoms with van der Waals surface area (Å²) in [6.45, 7) is -0.0120. The maximum absolute atomic E-state index is 13.1. The number of benzene rings is 2. The van der Waals surface area contributed by atoms with Crippen LogP contribution in [0.1, 0.15) is 33.3 Å². The van der Waals surface area contributed by atoms with Gasteiger partial charge in [0.1, 0.15) is 29.1 Å². The van der Waals surface area contributed by atoms with Crippen molar-refractivity contribution in [1.82, 2.24) is 4.90 Å². The maximum atomic E-state index is 13.1. The number of carbonyl (C=O) groups is 3. The van der Waals surface area contributed by atoms with Crippen molar-refractivity contribution in [3.63, 3.8) is 0 Å². The Balaban J connectivity index is 1.82. The largest absolute Gasteiger partial charge is 0.507 e. The maximum Gasteiger partial charge on any atom is 0.335 e. The van der Waals surface area contributed by atoms with E-state index < -0.39 is 29.5 Å². The summed E-state index contributed by atoms with van der Waals surface area (Å²) in [6.07, 6.45) is 1.41. The molecule has 1 fully saturated rings. The Hall–Kier alpha value is -4.53. The second kappa shape index (κ2) is 9.14. The van der Waals surface area contributed by atoms with Crippen LogP contribution in [0.3, 0.4) is 0 Å². The number of hydrogen-bond acceptors (Lipinski definition) is 7. The van der Waals surface area contributed by atoms with Crippen LogP contribution in [0.25, 0.3) is 5.76 Å². The van der Waals surface area contributed by atoms with E-state index in [0.29, 0.717) is 11.3 Å². The lowest BCUT2D eigenvalue weighted by Crippen LogP contribution is -2.29. The minimum Gasteiger partial charge on any atom is -0.507 e. The molecule has 0 radical (unpaired) electrons. The molecule has 0 aliphatic carbocycles. The number of ketones is 1. The summed E-state index contributed by atoms with van der Waals surface area (Å²) >= 11 is 0. The Morgan fingerprint density at radius 1 is 1.03 bits per heavy atom. The van der Waals surface area contributed by atoms with Crippen molar-refractivity contribution >= 4 is 23.4 Å². The minimum absolute atomic E-state index is 0.0120. The second-order valence-electron chi connectivity index (χ2n) is 7.51. The number of rotatable bonds is 7. The molecule has 1 aliphatic heterocycles. The molecule has 34 heavy (non-hydrogen) atoms. The highest BCUT2D eigenvalue weighted by Crippen LogP contribution is 2.42. The van der Waals surface area contributed by atoms with Crippen LogP contribution >= 0.6 is 0 Å². The third-order valence-corrected chi connectivity index (χ3v) is 5.57. The van der Waals surface area contributed by atoms with Crippen LogP contribution in [0.5, 0.6) is 11.5 Å². The summed E-state index contributed by atoms with van der Waals surface area (Å²) in [7, 11) is 2.88. The van der Waals surface area contributed by atoms with Gasteiger partial charge in [-0.1, -0.05) is 12.1 Å². The smallest absolute Gasteiger partial charge is 0.335 e. The van der Waals surface area contributed by atoms with Crippen LogP contribution in [0, 0.1) is 0 Å². The number of Topliss-reactive ketones (excluding diaryl/α,β-unsaturated/α-hetero) is 1. The molecule has 4 rings (SSSR count). The Morgan fingerprint density at radius 2 is 1.76 bits per heavy atom. The third-order valence-electron chi connectivity index (χ3n) is 5.57. The molecule has 174 valence electrons. The predicted molar refractivity (Wildman–Crippen MR) is 120 cm³/mol. The monoisotopic (exact) mass is 463 g/mol. The van der Waals surface area contributed by atoms with Crippen LogP contribution in [0.15, 0.2) is 70.9 Å². The van der Waals surface area contributed by atoms with Crippen molar-refractivity contribution in [2.75, 3.05) is 14.2 Å². The lowest BCUT2D eigenvalue weighted by Gasteiger charge is -2.23. The lowest BCUT2D eigenvalue weighted by atomic mass is 9.98. The molecule has 1 amide bonds. The van der Waals surface area contributed by atoms with Gasteiger partial charge in [0.15, 0.2) is 0 Å². The lowest BCUT2D eigenvalue weighted by molar-refractivity contribution is -0.140. The highest BCUT2D eigenvalue weighted by molar-refractivity contribution is 6.46. The topological polar surface area (TPSA) is 127 Å². The first-order valence-electron chi connectivity index (χ1n) is 10.2. The van der Waals surface area contributed by atoms with Gasteiger partial charge in [0.2, 0.25) is 0 Å². The summed E-state index contributed by atoms with van der Waals surface area (Å²) < 4.78 is 16.1. The van der Waals surface area contributed by atoms with Gasteiger partial charge in [0.05, 0.1) is 37.2 Å². The number of carboxylic acid groups (broad SMARTS) is 1. The molecule has 2 heterocycles. The summed E-state index contributed by atoms with van der Waals surface area (Å²) in [5, 5.41) is 20.3. The molecular weight excluding hydrogens is 442 g/mol. The number of carbonyl (C=O) groups excluding carboxylic acids is 2. The quantitative estimate of drug-likeness (QED) is 0.309. The second-order valence-corrected chi connectivity index (χ2v) is 7.51. The number of carboxylic acids is 1. The molecule has 1 unspecified atom stereocenters. The molecule has 0 bridgehead atoms. The van der Waals surface area contributed by atoms with Crippen molar-refractivity contribution in [3.05, 3.63) is 88.9 Å². The van der Waals surface area contributed by atoms with E-state index >= 15 is 0 Å². The molecule has 1 aliphatic rings. The Labute approximate surface area is 194 Å². The molecule has 9 heteroatoms. The first-order chi connectivity index (χ1) is 16.3. The first-order valence-corrected chi connectivity index (χ1v) is 10.2. The number of methoxy groups -OCH3 is 2. The Morgan fingerprint density at radius 3 is 2.35 bits per heavy atom. The van der Waals surface area contributed by atoms with Gasteiger partial charge in [-0.2, -0.15) is 0 Å². The zero-order valence-electron chi connectivity index (χ0n) is 18.3. The molecule has 1 saturated heterocycles. The van der Waals surface area contributed by atoms with E-state index in [1.165, 1.54) is 43.6 Å². The van der Waals surface area contributed by atoms with Crippen molar-refractivity contribution < 1.29 is 38.5 Å². The highest BCUT2D eigenvalue weighted by Gasteiger charge is 2.47. The average molecular weight is 463 g/mol. The van der Waals surface area contributed by atoms with Gasteiger partial charge >= 0.3 is 5.97 Å². The Kier molecular flexibility index (Phi) is 6.09. The number of aromatic carboxylic acids is 1. The van der Waals surface area contributed by atoms with Crippen LogP contribution in [0.2, 0.25) is 0 Å². The Bertz CT molecular complexity index is 1270. The summed E-state index contributed by atoms with van der Waals surface area (Å²) in [5.74, 6) is -2.23. The summed E-state index contributed by atoms with van der Waals surface area (Å²) in [6, 6.07) is 12.9. The average Bonchev–Trinajstić information content (AvgIpc) is 3.46. The SMILES string of the molecule is COc1ccc(OC)c(/C(O)=C2/C(=O)C(=O)N(Cc3ccc(C(=O)O)cc3)C2c2ccco2)c1. The van der Waals surface area contributed by atoms with Gasteiger partial charge in [0, 0.05) is 6.54 Å². The van der Waals surface area contributed by atoms with Crippen LogP contribution in [-0.2, 0) is 16.1 Å². The number of aliphatic hydroxyl groups is 1. The fourth-order valence-electron chi connectivity index (χ4n) is 3.88. The van der Waals surface area contributed by atoms with E-state index in [4.69, 9.17) is 19.0 Å².